The molecule has 0 spiro atoms. The molecule has 1 aromatic rings. The Kier molecular flexibility index (Phi) is 7.92. The first-order chi connectivity index (χ1) is 9.17. The van der Waals surface area contributed by atoms with Crippen LogP contribution in [0.2, 0.25) is 0 Å². The number of carbonyl (C=O) groups excluding carboxylic acids is 1. The molecule has 0 fully saturated rings. The van der Waals surface area contributed by atoms with E-state index in [1.165, 1.54) is 42.2 Å². The second kappa shape index (κ2) is 9.22. The van der Waals surface area contributed by atoms with E-state index in [2.05, 4.69) is 25.1 Å². The van der Waals surface area contributed by atoms with Gasteiger partial charge in [-0.15, -0.1) is 11.8 Å². The number of carbonyl (C=O) groups is 1. The minimum absolute atomic E-state index is 0.430. The van der Waals surface area contributed by atoms with E-state index in [0.717, 1.165) is 12.0 Å². The van der Waals surface area contributed by atoms with E-state index < -0.39 is 5.24 Å². The fourth-order valence-electron chi connectivity index (χ4n) is 1.98. The van der Waals surface area contributed by atoms with Gasteiger partial charge < -0.3 is 0 Å². The highest BCUT2D eigenvalue weighted by atomic mass is 35.5. The summed E-state index contributed by atoms with van der Waals surface area (Å²) in [6.45, 7) is 2.22. The highest BCUT2D eigenvalue weighted by Crippen LogP contribution is 2.24. The lowest BCUT2D eigenvalue weighted by Crippen LogP contribution is -1.89. The summed E-state index contributed by atoms with van der Waals surface area (Å²) >= 11 is 7.03. The van der Waals surface area contributed by atoms with Gasteiger partial charge in [0.05, 0.1) is 0 Å². The normalized spacial score (nSPS) is 11.1. The third-order valence-corrected chi connectivity index (χ3v) is 3.94. The second-order valence-corrected chi connectivity index (χ2v) is 5.75. The molecule has 0 radical (unpaired) electrons. The van der Waals surface area contributed by atoms with Crippen LogP contribution in [0.1, 0.15) is 43.7 Å². The van der Waals surface area contributed by atoms with Crippen LogP contribution in [-0.2, 0) is 11.2 Å². The van der Waals surface area contributed by atoms with Crippen molar-refractivity contribution in [1.29, 1.82) is 0 Å². The Hall–Kier alpha value is -0.730. The van der Waals surface area contributed by atoms with Crippen LogP contribution < -0.4 is 0 Å². The zero-order valence-corrected chi connectivity index (χ0v) is 13.2. The van der Waals surface area contributed by atoms with Crippen LogP contribution in [-0.4, -0.2) is 11.5 Å². The molecule has 0 bridgehead atoms. The van der Waals surface area contributed by atoms with Crippen molar-refractivity contribution in [2.24, 2.45) is 0 Å². The van der Waals surface area contributed by atoms with Crippen LogP contribution in [0.5, 0.6) is 0 Å². The van der Waals surface area contributed by atoms with Crippen LogP contribution >= 0.6 is 23.4 Å². The van der Waals surface area contributed by atoms with E-state index >= 15 is 0 Å². The topological polar surface area (TPSA) is 17.1 Å². The number of allylic oxidation sites excluding steroid dienone is 1. The van der Waals surface area contributed by atoms with Gasteiger partial charge in [0.1, 0.15) is 0 Å². The van der Waals surface area contributed by atoms with E-state index in [0.29, 0.717) is 0 Å². The number of hydrogen-bond donors (Lipinski definition) is 0. The molecule has 1 rings (SSSR count). The average Bonchev–Trinajstić information content (AvgIpc) is 2.41. The number of rotatable bonds is 8. The van der Waals surface area contributed by atoms with Gasteiger partial charge in [0.15, 0.2) is 0 Å². The quantitative estimate of drug-likeness (QED) is 0.280. The molecule has 0 aliphatic rings. The predicted molar refractivity (Wildman–Crippen MR) is 86.0 cm³/mol. The number of aryl methyl sites for hydroxylation is 1. The molecule has 1 nitrogen and oxygen atoms in total. The smallest absolute Gasteiger partial charge is 0.245 e. The summed E-state index contributed by atoms with van der Waals surface area (Å²) in [6, 6.07) is 6.46. The molecule has 0 saturated carbocycles. The lowest BCUT2D eigenvalue weighted by molar-refractivity contribution is -0.107. The van der Waals surface area contributed by atoms with Crippen LogP contribution in [0.15, 0.2) is 29.2 Å². The molecule has 19 heavy (non-hydrogen) atoms. The maximum Gasteiger partial charge on any atom is 0.245 e. The summed E-state index contributed by atoms with van der Waals surface area (Å²) in [5.41, 5.74) is 2.41. The number of thioether (sulfide) groups is 1. The van der Waals surface area contributed by atoms with Gasteiger partial charge in [-0.1, -0.05) is 38.3 Å². The van der Waals surface area contributed by atoms with E-state index in [4.69, 9.17) is 11.6 Å². The third kappa shape index (κ3) is 6.31. The van der Waals surface area contributed by atoms with Gasteiger partial charge in [0.2, 0.25) is 5.24 Å². The van der Waals surface area contributed by atoms with E-state index in [1.807, 2.05) is 6.26 Å². The molecule has 0 N–H and O–H groups in total. The molecule has 104 valence electrons. The number of halogens is 1. The summed E-state index contributed by atoms with van der Waals surface area (Å²) in [5, 5.41) is -0.430. The van der Waals surface area contributed by atoms with Gasteiger partial charge in [-0.05, 0) is 60.0 Å². The zero-order chi connectivity index (χ0) is 14.1. The largest absolute Gasteiger partial charge is 0.276 e. The summed E-state index contributed by atoms with van der Waals surface area (Å²) in [7, 11) is 0. The molecule has 0 aromatic heterocycles. The van der Waals surface area contributed by atoms with Gasteiger partial charge in [0, 0.05) is 4.90 Å². The maximum atomic E-state index is 10.8. The molecule has 0 heterocycles. The minimum Gasteiger partial charge on any atom is -0.276 e. The van der Waals surface area contributed by atoms with Crippen LogP contribution in [0.4, 0.5) is 0 Å². The predicted octanol–water partition coefficient (Wildman–Crippen LogP) is 5.31. The third-order valence-electron chi connectivity index (χ3n) is 3.01. The number of unbranched alkanes of at least 4 members (excludes halogenated alkanes) is 3. The average molecular weight is 297 g/mol. The van der Waals surface area contributed by atoms with Crippen LogP contribution in [0, 0.1) is 0 Å². The van der Waals surface area contributed by atoms with Gasteiger partial charge in [-0.2, -0.15) is 0 Å². The Morgan fingerprint density at radius 3 is 2.74 bits per heavy atom. The van der Waals surface area contributed by atoms with Gasteiger partial charge in [-0.3, -0.25) is 4.79 Å². The molecule has 1 aromatic carbocycles. The van der Waals surface area contributed by atoms with Gasteiger partial charge in [0.25, 0.3) is 0 Å². The van der Waals surface area contributed by atoms with Crippen molar-refractivity contribution in [2.45, 2.75) is 43.9 Å². The van der Waals surface area contributed by atoms with Crippen molar-refractivity contribution in [3.8, 4) is 0 Å². The number of benzene rings is 1. The van der Waals surface area contributed by atoms with Gasteiger partial charge >= 0.3 is 0 Å². The fourth-order valence-corrected chi connectivity index (χ4v) is 2.61. The molecule has 0 amide bonds. The van der Waals surface area contributed by atoms with E-state index in [9.17, 15) is 4.79 Å². The van der Waals surface area contributed by atoms with Crippen LogP contribution in [0.3, 0.4) is 0 Å². The monoisotopic (exact) mass is 296 g/mol. The van der Waals surface area contributed by atoms with Crippen molar-refractivity contribution in [3.63, 3.8) is 0 Å². The Labute approximate surface area is 125 Å². The summed E-state index contributed by atoms with van der Waals surface area (Å²) in [6.07, 6.45) is 11.4. The highest BCUT2D eigenvalue weighted by molar-refractivity contribution is 7.98. The van der Waals surface area contributed by atoms with Crippen LogP contribution in [0.25, 0.3) is 6.08 Å². The Balaban J connectivity index is 2.74. The SMILES string of the molecule is CCCCCCc1ccc(SC)c(/C=C/C(=O)Cl)c1. The second-order valence-electron chi connectivity index (χ2n) is 4.52. The van der Waals surface area contributed by atoms with Crippen molar-refractivity contribution in [1.82, 2.24) is 0 Å². The van der Waals surface area contributed by atoms with Crippen molar-refractivity contribution >= 4 is 34.7 Å². The molecule has 0 aliphatic heterocycles. The molecule has 3 heteroatoms. The molecule has 0 aliphatic carbocycles. The lowest BCUT2D eigenvalue weighted by Gasteiger charge is -2.07. The standard InChI is InChI=1S/C16H21ClOS/c1-3-4-5-6-7-13-8-10-15(19-2)14(12-13)9-11-16(17)18/h8-12H,3-7H2,1-2H3/b11-9+. The molecular formula is C16H21ClOS. The van der Waals surface area contributed by atoms with Crippen molar-refractivity contribution in [3.05, 3.63) is 35.4 Å². The van der Waals surface area contributed by atoms with E-state index in [-0.39, 0.29) is 0 Å². The number of hydrogen-bond acceptors (Lipinski definition) is 2. The van der Waals surface area contributed by atoms with Crippen molar-refractivity contribution < 1.29 is 4.79 Å². The molecule has 0 saturated heterocycles. The first-order valence-corrected chi connectivity index (χ1v) is 8.32. The zero-order valence-electron chi connectivity index (χ0n) is 11.6. The molecular weight excluding hydrogens is 276 g/mol. The Morgan fingerprint density at radius 1 is 1.32 bits per heavy atom. The highest BCUT2D eigenvalue weighted by Gasteiger charge is 2.01. The fraction of sp³-hybridized carbons (Fsp3) is 0.438. The minimum atomic E-state index is -0.430. The summed E-state index contributed by atoms with van der Waals surface area (Å²) in [5.74, 6) is 0. The summed E-state index contributed by atoms with van der Waals surface area (Å²) < 4.78 is 0. The van der Waals surface area contributed by atoms with E-state index in [1.54, 1.807) is 17.8 Å². The molecule has 0 unspecified atom stereocenters. The Morgan fingerprint density at radius 2 is 2.11 bits per heavy atom. The maximum absolute atomic E-state index is 10.8. The first kappa shape index (κ1) is 16.3. The Bertz CT molecular complexity index is 440. The van der Waals surface area contributed by atoms with Gasteiger partial charge in [-0.25, -0.2) is 0 Å². The van der Waals surface area contributed by atoms with Crippen molar-refractivity contribution in [2.75, 3.05) is 6.26 Å². The molecule has 0 atom stereocenters. The summed E-state index contributed by atoms with van der Waals surface area (Å²) in [4.78, 5) is 12.0. The first-order valence-electron chi connectivity index (χ1n) is 6.71. The lowest BCUT2D eigenvalue weighted by atomic mass is 10.0.